The van der Waals surface area contributed by atoms with Crippen LogP contribution in [-0.2, 0) is 0 Å². The molecular formula is C16H22N2Si. The van der Waals surface area contributed by atoms with Gasteiger partial charge in [0, 0.05) is 8.07 Å². The Morgan fingerprint density at radius 2 is 1.74 bits per heavy atom. The second-order valence-corrected chi connectivity index (χ2v) is 13.2. The summed E-state index contributed by atoms with van der Waals surface area (Å²) in [6.07, 6.45) is 5.17. The van der Waals surface area contributed by atoms with Crippen LogP contribution in [0.25, 0.3) is 0 Å². The lowest BCUT2D eigenvalue weighted by Gasteiger charge is -2.59. The van der Waals surface area contributed by atoms with Gasteiger partial charge in [0.25, 0.3) is 0 Å². The van der Waals surface area contributed by atoms with Crippen molar-refractivity contribution in [2.45, 2.75) is 50.9 Å². The van der Waals surface area contributed by atoms with Crippen molar-refractivity contribution in [2.24, 2.45) is 23.7 Å². The molecular weight excluding hydrogens is 248 g/mol. The Morgan fingerprint density at radius 1 is 1.05 bits per heavy atom. The van der Waals surface area contributed by atoms with Gasteiger partial charge in [0.2, 0.25) is 0 Å². The van der Waals surface area contributed by atoms with E-state index in [1.165, 1.54) is 31.3 Å². The summed E-state index contributed by atoms with van der Waals surface area (Å²) in [5.74, 6) is 2.89. The predicted molar refractivity (Wildman–Crippen MR) is 77.8 cm³/mol. The highest BCUT2D eigenvalue weighted by Gasteiger charge is 2.55. The minimum absolute atomic E-state index is 0.456. The van der Waals surface area contributed by atoms with E-state index in [-0.39, 0.29) is 0 Å². The molecule has 0 aromatic rings. The highest BCUT2D eigenvalue weighted by atomic mass is 28.3. The van der Waals surface area contributed by atoms with Gasteiger partial charge in [-0.1, -0.05) is 19.6 Å². The topological polar surface area (TPSA) is 47.6 Å². The van der Waals surface area contributed by atoms with Gasteiger partial charge in [-0.2, -0.15) is 10.5 Å². The van der Waals surface area contributed by atoms with E-state index < -0.39 is 8.07 Å². The van der Waals surface area contributed by atoms with Gasteiger partial charge in [-0.3, -0.25) is 0 Å². The normalized spacial score (nSPS) is 39.8. The van der Waals surface area contributed by atoms with E-state index in [0.717, 1.165) is 17.4 Å². The molecule has 0 heterocycles. The summed E-state index contributed by atoms with van der Waals surface area (Å²) < 4.78 is 0. The third-order valence-electron chi connectivity index (χ3n) is 5.72. The van der Waals surface area contributed by atoms with Gasteiger partial charge in [-0.15, -0.1) is 0 Å². The van der Waals surface area contributed by atoms with Crippen molar-refractivity contribution in [2.75, 3.05) is 0 Å². The predicted octanol–water partition coefficient (Wildman–Crippen LogP) is 4.10. The van der Waals surface area contributed by atoms with Crippen molar-refractivity contribution in [1.29, 1.82) is 10.5 Å². The maximum atomic E-state index is 9.28. The van der Waals surface area contributed by atoms with Crippen molar-refractivity contribution in [3.63, 3.8) is 0 Å². The SMILES string of the molecule is C[Si](C)(C)[C@@H]1C2CC3CC(C2)C(=C(C#N)C#N)C1C3. The second-order valence-electron chi connectivity index (χ2n) is 7.82. The molecule has 2 nitrogen and oxygen atoms in total. The number of nitriles is 2. The molecule has 4 aliphatic rings. The molecule has 0 saturated heterocycles. The fraction of sp³-hybridized carbons (Fsp3) is 0.750. The highest BCUT2D eigenvalue weighted by Crippen LogP contribution is 2.64. The van der Waals surface area contributed by atoms with Gasteiger partial charge in [-0.25, -0.2) is 0 Å². The van der Waals surface area contributed by atoms with Crippen LogP contribution in [0.4, 0.5) is 0 Å². The lowest BCUT2D eigenvalue weighted by Crippen LogP contribution is -2.51. The van der Waals surface area contributed by atoms with Crippen LogP contribution < -0.4 is 0 Å². The molecule has 4 unspecified atom stereocenters. The van der Waals surface area contributed by atoms with Crippen molar-refractivity contribution in [3.05, 3.63) is 11.1 Å². The van der Waals surface area contributed by atoms with Crippen LogP contribution in [0.3, 0.4) is 0 Å². The molecule has 4 bridgehead atoms. The molecule has 3 heteroatoms. The minimum Gasteiger partial charge on any atom is -0.192 e. The van der Waals surface area contributed by atoms with E-state index in [9.17, 15) is 10.5 Å². The van der Waals surface area contributed by atoms with E-state index in [1.807, 2.05) is 0 Å². The Kier molecular flexibility index (Phi) is 2.87. The first-order valence-electron chi connectivity index (χ1n) is 7.50. The molecule has 0 aromatic heterocycles. The van der Waals surface area contributed by atoms with E-state index >= 15 is 0 Å². The number of hydrogen-bond donors (Lipinski definition) is 0. The summed E-state index contributed by atoms with van der Waals surface area (Å²) in [4.78, 5) is 0. The van der Waals surface area contributed by atoms with Gasteiger partial charge < -0.3 is 0 Å². The van der Waals surface area contributed by atoms with Crippen molar-refractivity contribution < 1.29 is 0 Å². The summed E-state index contributed by atoms with van der Waals surface area (Å²) in [7, 11) is -1.23. The van der Waals surface area contributed by atoms with Gasteiger partial charge in [0.05, 0.1) is 0 Å². The molecule has 0 amide bonds. The zero-order valence-electron chi connectivity index (χ0n) is 12.1. The zero-order chi connectivity index (χ0) is 13.8. The smallest absolute Gasteiger partial charge is 0.129 e. The number of hydrogen-bond acceptors (Lipinski definition) is 2. The van der Waals surface area contributed by atoms with E-state index in [0.29, 0.717) is 17.4 Å². The quantitative estimate of drug-likeness (QED) is 0.532. The molecule has 4 fully saturated rings. The summed E-state index contributed by atoms with van der Waals surface area (Å²) in [5.41, 5.74) is 2.52. The molecule has 100 valence electrons. The lowest BCUT2D eigenvalue weighted by molar-refractivity contribution is 0.0666. The summed E-state index contributed by atoms with van der Waals surface area (Å²) in [6, 6.07) is 4.37. The van der Waals surface area contributed by atoms with Crippen LogP contribution in [0.5, 0.6) is 0 Å². The molecule has 4 aliphatic carbocycles. The number of allylic oxidation sites excluding steroid dienone is 2. The van der Waals surface area contributed by atoms with Gasteiger partial charge in [-0.05, 0) is 60.5 Å². The molecule has 0 aromatic carbocycles. The van der Waals surface area contributed by atoms with E-state index in [4.69, 9.17) is 0 Å². The average Bonchev–Trinajstić information content (AvgIpc) is 2.31. The maximum absolute atomic E-state index is 9.28. The summed E-state index contributed by atoms with van der Waals surface area (Å²) in [5, 5.41) is 18.6. The molecule has 4 saturated carbocycles. The molecule has 19 heavy (non-hydrogen) atoms. The summed E-state index contributed by atoms with van der Waals surface area (Å²) >= 11 is 0. The third kappa shape index (κ3) is 1.87. The zero-order valence-corrected chi connectivity index (χ0v) is 13.1. The second kappa shape index (κ2) is 4.22. The molecule has 0 N–H and O–H groups in total. The highest BCUT2D eigenvalue weighted by molar-refractivity contribution is 6.77. The Bertz CT molecular complexity index is 498. The van der Waals surface area contributed by atoms with Crippen LogP contribution in [0.15, 0.2) is 11.1 Å². The van der Waals surface area contributed by atoms with Gasteiger partial charge >= 0.3 is 0 Å². The minimum atomic E-state index is -1.23. The standard InChI is InChI=1S/C16H22N2Si/c1-19(2,3)16-12-5-10-4-11(7-12)15(14(16)6-10)13(8-17)9-18/h10-12,14,16H,4-7H2,1-3H3/t10?,11?,12?,14?,16-/m1/s1. The fourth-order valence-corrected chi connectivity index (χ4v) is 8.75. The Balaban J connectivity index is 2.09. The largest absolute Gasteiger partial charge is 0.192 e. The maximum Gasteiger partial charge on any atom is 0.129 e. The van der Waals surface area contributed by atoms with Crippen LogP contribution in [0.2, 0.25) is 25.2 Å². The lowest BCUT2D eigenvalue weighted by atomic mass is 9.53. The first-order chi connectivity index (χ1) is 8.95. The van der Waals surface area contributed by atoms with Crippen molar-refractivity contribution in [1.82, 2.24) is 0 Å². The van der Waals surface area contributed by atoms with Crippen molar-refractivity contribution in [3.8, 4) is 12.1 Å². The summed E-state index contributed by atoms with van der Waals surface area (Å²) in [6.45, 7) is 7.40. The number of nitrogens with zero attached hydrogens (tertiary/aromatic N) is 2. The average molecular weight is 270 g/mol. The van der Waals surface area contributed by atoms with Crippen LogP contribution in [0, 0.1) is 46.3 Å². The molecule has 4 rings (SSSR count). The third-order valence-corrected chi connectivity index (χ3v) is 8.60. The monoisotopic (exact) mass is 270 g/mol. The Morgan fingerprint density at radius 3 is 2.32 bits per heavy atom. The van der Waals surface area contributed by atoms with Crippen molar-refractivity contribution >= 4 is 8.07 Å². The van der Waals surface area contributed by atoms with Gasteiger partial charge in [0.15, 0.2) is 0 Å². The van der Waals surface area contributed by atoms with Crippen LogP contribution in [-0.4, -0.2) is 8.07 Å². The molecule has 5 atom stereocenters. The van der Waals surface area contributed by atoms with Crippen LogP contribution >= 0.6 is 0 Å². The Hall–Kier alpha value is -1.06. The van der Waals surface area contributed by atoms with E-state index in [2.05, 4.69) is 31.8 Å². The fourth-order valence-electron chi connectivity index (χ4n) is 5.54. The first kappa shape index (κ1) is 12.9. The molecule has 0 spiro atoms. The van der Waals surface area contributed by atoms with E-state index in [1.54, 1.807) is 0 Å². The van der Waals surface area contributed by atoms with Crippen LogP contribution in [0.1, 0.15) is 25.7 Å². The Labute approximate surface area is 117 Å². The molecule has 0 radical (unpaired) electrons. The number of rotatable bonds is 1. The van der Waals surface area contributed by atoms with Gasteiger partial charge in [0.1, 0.15) is 17.7 Å². The molecule has 0 aliphatic heterocycles. The first-order valence-corrected chi connectivity index (χ1v) is 11.1.